The van der Waals surface area contributed by atoms with Crippen molar-refractivity contribution in [3.63, 3.8) is 0 Å². The van der Waals surface area contributed by atoms with Crippen LogP contribution >= 0.6 is 0 Å². The highest BCUT2D eigenvalue weighted by atomic mass is 16.5. The molecule has 0 aliphatic carbocycles. The average molecular weight is 304 g/mol. The van der Waals surface area contributed by atoms with Gasteiger partial charge in [-0.1, -0.05) is 6.92 Å². The number of carbonyl (C=O) groups is 2. The van der Waals surface area contributed by atoms with Gasteiger partial charge < -0.3 is 9.47 Å². The normalized spacial score (nSPS) is 12.2. The Labute approximate surface area is 129 Å². The van der Waals surface area contributed by atoms with Crippen molar-refractivity contribution >= 4 is 17.4 Å². The summed E-state index contributed by atoms with van der Waals surface area (Å²) in [6.07, 6.45) is 1.86. The van der Waals surface area contributed by atoms with Gasteiger partial charge in [0.15, 0.2) is 17.2 Å². The maximum Gasteiger partial charge on any atom is 0.308 e. The number of hydrogen-bond donors (Lipinski definition) is 0. The number of carbonyl (C=O) groups excluding carboxylic acids is 2. The highest BCUT2D eigenvalue weighted by molar-refractivity contribution is 5.98. The first-order valence-electron chi connectivity index (χ1n) is 7.21. The van der Waals surface area contributed by atoms with Gasteiger partial charge in [0, 0.05) is 12.6 Å². The molecule has 6 heteroatoms. The van der Waals surface area contributed by atoms with E-state index in [1.807, 2.05) is 13.0 Å². The first kappa shape index (κ1) is 16.0. The molecule has 0 amide bonds. The molecule has 0 fully saturated rings. The number of fused-ring (bicyclic) bond motifs is 1. The fourth-order valence-electron chi connectivity index (χ4n) is 2.42. The highest BCUT2D eigenvalue weighted by Gasteiger charge is 2.23. The monoisotopic (exact) mass is 304 g/mol. The largest absolute Gasteiger partial charge is 0.490 e. The lowest BCUT2D eigenvalue weighted by atomic mass is 10.0. The van der Waals surface area contributed by atoms with Crippen molar-refractivity contribution in [3.8, 4) is 5.75 Å². The lowest BCUT2D eigenvalue weighted by Gasteiger charge is -2.09. The Morgan fingerprint density at radius 3 is 2.77 bits per heavy atom. The standard InChI is InChI=1S/C16H20N2O4/c1-5-22-13-7-6-8-18-14(11(3)17-15(13)18)12(19)9-10(2)16(20)21-4/h6-8,10H,5,9H2,1-4H3/t10-/m0/s1. The van der Waals surface area contributed by atoms with Gasteiger partial charge in [0.1, 0.15) is 5.69 Å². The second-order valence-electron chi connectivity index (χ2n) is 5.10. The molecule has 2 aromatic rings. The van der Waals surface area contributed by atoms with Crippen molar-refractivity contribution in [2.75, 3.05) is 13.7 Å². The molecule has 0 aromatic carbocycles. The summed E-state index contributed by atoms with van der Waals surface area (Å²) in [5.41, 5.74) is 1.71. The van der Waals surface area contributed by atoms with Gasteiger partial charge in [-0.2, -0.15) is 0 Å². The summed E-state index contributed by atoms with van der Waals surface area (Å²) in [7, 11) is 1.32. The molecular formula is C16H20N2O4. The number of ketones is 1. The number of rotatable bonds is 6. The molecule has 0 radical (unpaired) electrons. The Bertz CT molecular complexity index is 705. The molecule has 0 N–H and O–H groups in total. The van der Waals surface area contributed by atoms with Crippen molar-refractivity contribution in [3.05, 3.63) is 29.7 Å². The van der Waals surface area contributed by atoms with Crippen LogP contribution in [0, 0.1) is 12.8 Å². The van der Waals surface area contributed by atoms with Gasteiger partial charge in [-0.25, -0.2) is 4.98 Å². The summed E-state index contributed by atoms with van der Waals surface area (Å²) < 4.78 is 11.9. The van der Waals surface area contributed by atoms with Crippen LogP contribution in [0.2, 0.25) is 0 Å². The Balaban J connectivity index is 2.39. The fourth-order valence-corrected chi connectivity index (χ4v) is 2.42. The molecule has 2 aromatic heterocycles. The van der Waals surface area contributed by atoms with Gasteiger partial charge >= 0.3 is 5.97 Å². The predicted molar refractivity (Wildman–Crippen MR) is 81.2 cm³/mol. The molecule has 0 bridgehead atoms. The smallest absolute Gasteiger partial charge is 0.308 e. The van der Waals surface area contributed by atoms with Crippen LogP contribution in [-0.4, -0.2) is 34.9 Å². The predicted octanol–water partition coefficient (Wildman–Crippen LogP) is 2.42. The Hall–Kier alpha value is -2.37. The molecular weight excluding hydrogens is 284 g/mol. The van der Waals surface area contributed by atoms with Gasteiger partial charge in [0.2, 0.25) is 0 Å². The van der Waals surface area contributed by atoms with E-state index in [2.05, 4.69) is 9.72 Å². The van der Waals surface area contributed by atoms with Crippen LogP contribution in [0.5, 0.6) is 5.75 Å². The third kappa shape index (κ3) is 2.95. The van der Waals surface area contributed by atoms with E-state index in [4.69, 9.17) is 4.74 Å². The van der Waals surface area contributed by atoms with Gasteiger partial charge in [-0.15, -0.1) is 0 Å². The maximum absolute atomic E-state index is 12.5. The molecule has 0 saturated heterocycles. The minimum atomic E-state index is -0.488. The molecule has 0 spiro atoms. The zero-order valence-corrected chi connectivity index (χ0v) is 13.3. The van der Waals surface area contributed by atoms with Gasteiger partial charge in [0.05, 0.1) is 25.3 Å². The van der Waals surface area contributed by atoms with Gasteiger partial charge in [-0.05, 0) is 26.0 Å². The van der Waals surface area contributed by atoms with Crippen molar-refractivity contribution in [2.45, 2.75) is 27.2 Å². The number of imidazole rings is 1. The quantitative estimate of drug-likeness (QED) is 0.605. The van der Waals surface area contributed by atoms with E-state index in [1.165, 1.54) is 7.11 Å². The Morgan fingerprint density at radius 2 is 2.14 bits per heavy atom. The van der Waals surface area contributed by atoms with Crippen molar-refractivity contribution in [1.29, 1.82) is 0 Å². The first-order chi connectivity index (χ1) is 10.5. The molecule has 6 nitrogen and oxygen atoms in total. The second kappa shape index (κ2) is 6.60. The topological polar surface area (TPSA) is 69.9 Å². The molecule has 118 valence electrons. The summed E-state index contributed by atoms with van der Waals surface area (Å²) in [4.78, 5) is 28.4. The molecule has 2 rings (SSSR count). The molecule has 0 aliphatic rings. The molecule has 0 aliphatic heterocycles. The third-order valence-electron chi connectivity index (χ3n) is 3.45. The van der Waals surface area contributed by atoms with E-state index >= 15 is 0 Å². The fraction of sp³-hybridized carbons (Fsp3) is 0.438. The number of pyridine rings is 1. The van der Waals surface area contributed by atoms with E-state index in [0.29, 0.717) is 29.4 Å². The van der Waals surface area contributed by atoms with Crippen LogP contribution in [0.25, 0.3) is 5.65 Å². The number of nitrogens with zero attached hydrogens (tertiary/aromatic N) is 2. The summed E-state index contributed by atoms with van der Waals surface area (Å²) >= 11 is 0. The lowest BCUT2D eigenvalue weighted by molar-refractivity contribution is -0.144. The van der Waals surface area contributed by atoms with Crippen LogP contribution in [0.1, 0.15) is 36.5 Å². The molecule has 2 heterocycles. The van der Waals surface area contributed by atoms with Gasteiger partial charge in [0.25, 0.3) is 0 Å². The number of methoxy groups -OCH3 is 1. The minimum absolute atomic E-state index is 0.0835. The van der Waals surface area contributed by atoms with E-state index in [1.54, 1.807) is 30.5 Å². The molecule has 0 unspecified atom stereocenters. The van der Waals surface area contributed by atoms with Crippen molar-refractivity contribution < 1.29 is 19.1 Å². The van der Waals surface area contributed by atoms with Crippen molar-refractivity contribution in [1.82, 2.24) is 9.38 Å². The molecule has 1 atom stereocenters. The number of ether oxygens (including phenoxy) is 2. The lowest BCUT2D eigenvalue weighted by Crippen LogP contribution is -2.18. The molecule has 0 saturated carbocycles. The zero-order chi connectivity index (χ0) is 16.3. The van der Waals surface area contributed by atoms with E-state index in [0.717, 1.165) is 0 Å². The summed E-state index contributed by atoms with van der Waals surface area (Å²) in [6, 6.07) is 3.62. The van der Waals surface area contributed by atoms with Gasteiger partial charge in [-0.3, -0.25) is 14.0 Å². The van der Waals surface area contributed by atoms with Crippen LogP contribution < -0.4 is 4.74 Å². The van der Waals surface area contributed by atoms with E-state index < -0.39 is 11.9 Å². The zero-order valence-electron chi connectivity index (χ0n) is 13.3. The number of esters is 1. The molecule has 22 heavy (non-hydrogen) atoms. The maximum atomic E-state index is 12.5. The van der Waals surface area contributed by atoms with Crippen molar-refractivity contribution in [2.24, 2.45) is 5.92 Å². The summed E-state index contributed by atoms with van der Waals surface area (Å²) in [5, 5.41) is 0. The Morgan fingerprint density at radius 1 is 1.41 bits per heavy atom. The third-order valence-corrected chi connectivity index (χ3v) is 3.45. The average Bonchev–Trinajstić information content (AvgIpc) is 2.83. The van der Waals surface area contributed by atoms with Crippen LogP contribution in [-0.2, 0) is 9.53 Å². The Kier molecular flexibility index (Phi) is 4.80. The minimum Gasteiger partial charge on any atom is -0.490 e. The summed E-state index contributed by atoms with van der Waals surface area (Å²) in [5.74, 6) is -0.392. The van der Waals surface area contributed by atoms with E-state index in [-0.39, 0.29) is 12.2 Å². The van der Waals surface area contributed by atoms with Crippen LogP contribution in [0.3, 0.4) is 0 Å². The SMILES string of the molecule is CCOc1cccn2c(C(=O)C[C@H](C)C(=O)OC)c(C)nc12. The highest BCUT2D eigenvalue weighted by Crippen LogP contribution is 2.23. The second-order valence-corrected chi connectivity index (χ2v) is 5.10. The number of Topliss-reactive ketones (excluding diaryl/α,β-unsaturated/α-hetero) is 1. The summed E-state index contributed by atoms with van der Waals surface area (Å²) in [6.45, 7) is 5.87. The number of aromatic nitrogens is 2. The van der Waals surface area contributed by atoms with Crippen LogP contribution in [0.4, 0.5) is 0 Å². The number of aryl methyl sites for hydroxylation is 1. The first-order valence-corrected chi connectivity index (χ1v) is 7.21. The number of hydrogen-bond acceptors (Lipinski definition) is 5. The van der Waals surface area contributed by atoms with E-state index in [9.17, 15) is 9.59 Å². The van der Waals surface area contributed by atoms with Crippen LogP contribution in [0.15, 0.2) is 18.3 Å².